The molecule has 2 aromatic heterocycles. The van der Waals surface area contributed by atoms with Crippen LogP contribution in [0.2, 0.25) is 0 Å². The van der Waals surface area contributed by atoms with Crippen molar-refractivity contribution in [2.75, 3.05) is 14.2 Å². The number of rotatable bonds is 5. The Morgan fingerprint density at radius 2 is 2.00 bits per heavy atom. The van der Waals surface area contributed by atoms with E-state index in [2.05, 4.69) is 9.97 Å². The van der Waals surface area contributed by atoms with Gasteiger partial charge in [-0.2, -0.15) is 0 Å². The zero-order valence-corrected chi connectivity index (χ0v) is 15.7. The van der Waals surface area contributed by atoms with Gasteiger partial charge in [-0.25, -0.2) is 9.78 Å². The summed E-state index contributed by atoms with van der Waals surface area (Å²) in [5, 5.41) is 0.581. The molecule has 0 aliphatic heterocycles. The average molecular weight is 374 g/mol. The van der Waals surface area contributed by atoms with Crippen molar-refractivity contribution < 1.29 is 19.0 Å². The number of thiophene rings is 1. The Morgan fingerprint density at radius 3 is 2.69 bits per heavy atom. The number of H-pyrrole nitrogens is 1. The third-order valence-electron chi connectivity index (χ3n) is 4.05. The van der Waals surface area contributed by atoms with Gasteiger partial charge < -0.3 is 19.2 Å². The minimum atomic E-state index is -0.595. The van der Waals surface area contributed by atoms with Crippen molar-refractivity contribution >= 4 is 27.5 Å². The van der Waals surface area contributed by atoms with E-state index in [4.69, 9.17) is 14.2 Å². The largest absolute Gasteiger partial charge is 0.493 e. The Bertz CT molecular complexity index is 1040. The molecule has 8 heteroatoms. The lowest BCUT2D eigenvalue weighted by Crippen LogP contribution is -2.14. The molecule has 0 spiro atoms. The van der Waals surface area contributed by atoms with E-state index in [0.29, 0.717) is 27.5 Å². The van der Waals surface area contributed by atoms with Crippen molar-refractivity contribution in [3.8, 4) is 11.5 Å². The van der Waals surface area contributed by atoms with Gasteiger partial charge in [0.2, 0.25) is 0 Å². The number of carbonyl (C=O) groups is 1. The number of esters is 1. The number of nitrogens with zero attached hydrogens (tertiary/aromatic N) is 1. The quantitative estimate of drug-likeness (QED) is 0.691. The van der Waals surface area contributed by atoms with Gasteiger partial charge in [0.25, 0.3) is 5.56 Å². The summed E-state index contributed by atoms with van der Waals surface area (Å²) >= 11 is 1.44. The molecule has 0 saturated carbocycles. The molecule has 1 N–H and O–H groups in total. The lowest BCUT2D eigenvalue weighted by Gasteiger charge is -2.11. The highest BCUT2D eigenvalue weighted by Gasteiger charge is 2.18. The van der Waals surface area contributed by atoms with E-state index >= 15 is 0 Å². The maximum Gasteiger partial charge on any atom is 0.342 e. The van der Waals surface area contributed by atoms with Crippen LogP contribution in [-0.4, -0.2) is 30.2 Å². The van der Waals surface area contributed by atoms with E-state index in [1.165, 1.54) is 25.6 Å². The molecule has 3 aromatic rings. The number of methoxy groups -OCH3 is 2. The first kappa shape index (κ1) is 17.9. The van der Waals surface area contributed by atoms with E-state index < -0.39 is 5.97 Å². The van der Waals surface area contributed by atoms with Crippen LogP contribution in [0, 0.1) is 13.8 Å². The van der Waals surface area contributed by atoms with Gasteiger partial charge in [-0.15, -0.1) is 11.3 Å². The second kappa shape index (κ2) is 7.17. The lowest BCUT2D eigenvalue weighted by molar-refractivity contribution is 0.0458. The summed E-state index contributed by atoms with van der Waals surface area (Å²) in [4.78, 5) is 33.4. The molecule has 0 fully saturated rings. The van der Waals surface area contributed by atoms with Crippen LogP contribution in [-0.2, 0) is 11.3 Å². The van der Waals surface area contributed by atoms with Gasteiger partial charge in [-0.05, 0) is 31.5 Å². The zero-order valence-electron chi connectivity index (χ0n) is 14.8. The molecule has 0 unspecified atom stereocenters. The van der Waals surface area contributed by atoms with Crippen LogP contribution in [0.4, 0.5) is 0 Å². The van der Waals surface area contributed by atoms with Crippen LogP contribution in [0.3, 0.4) is 0 Å². The third kappa shape index (κ3) is 3.15. The number of hydrogen-bond donors (Lipinski definition) is 1. The maximum atomic E-state index is 12.4. The van der Waals surface area contributed by atoms with E-state index in [1.807, 2.05) is 13.8 Å². The van der Waals surface area contributed by atoms with E-state index in [1.54, 1.807) is 18.2 Å². The molecule has 3 rings (SSSR count). The second-order valence-electron chi connectivity index (χ2n) is 5.59. The van der Waals surface area contributed by atoms with Crippen LogP contribution in [0.25, 0.3) is 10.2 Å². The topological polar surface area (TPSA) is 90.5 Å². The van der Waals surface area contributed by atoms with Crippen molar-refractivity contribution in [1.82, 2.24) is 9.97 Å². The van der Waals surface area contributed by atoms with E-state index in [-0.39, 0.29) is 17.7 Å². The minimum Gasteiger partial charge on any atom is -0.493 e. The minimum absolute atomic E-state index is 0.152. The van der Waals surface area contributed by atoms with Crippen LogP contribution in [0.15, 0.2) is 23.0 Å². The van der Waals surface area contributed by atoms with Crippen LogP contribution < -0.4 is 15.0 Å². The maximum absolute atomic E-state index is 12.4. The van der Waals surface area contributed by atoms with E-state index in [0.717, 1.165) is 10.4 Å². The SMILES string of the molecule is COc1cccc(C(=O)OCc2nc3sc(C)c(C)c3c(=O)[nH]2)c1OC. The summed E-state index contributed by atoms with van der Waals surface area (Å²) in [7, 11) is 2.94. The molecule has 0 saturated heterocycles. The summed E-state index contributed by atoms with van der Waals surface area (Å²) in [6, 6.07) is 4.93. The third-order valence-corrected chi connectivity index (χ3v) is 5.15. The fourth-order valence-corrected chi connectivity index (χ4v) is 3.68. The average Bonchev–Trinajstić information content (AvgIpc) is 2.93. The van der Waals surface area contributed by atoms with Gasteiger partial charge >= 0.3 is 5.97 Å². The molecule has 26 heavy (non-hydrogen) atoms. The molecule has 2 heterocycles. The fourth-order valence-electron chi connectivity index (χ4n) is 2.63. The number of aryl methyl sites for hydroxylation is 2. The summed E-state index contributed by atoms with van der Waals surface area (Å²) in [6.07, 6.45) is 0. The molecule has 0 aliphatic rings. The standard InChI is InChI=1S/C18H18N2O5S/c1-9-10(2)26-17-14(9)16(21)19-13(20-17)8-25-18(22)11-6-5-7-12(23-3)15(11)24-4/h5-7H,8H2,1-4H3,(H,19,20,21). The van der Waals surface area contributed by atoms with Crippen molar-refractivity contribution in [3.05, 3.63) is 50.4 Å². The molecule has 0 radical (unpaired) electrons. The summed E-state index contributed by atoms with van der Waals surface area (Å²) in [5.41, 5.74) is 0.920. The predicted molar refractivity (Wildman–Crippen MR) is 98.4 cm³/mol. The normalized spacial score (nSPS) is 10.8. The van der Waals surface area contributed by atoms with Gasteiger partial charge in [0.1, 0.15) is 22.8 Å². The molecule has 1 aromatic carbocycles. The van der Waals surface area contributed by atoms with Gasteiger partial charge in [-0.1, -0.05) is 6.07 Å². The van der Waals surface area contributed by atoms with Crippen molar-refractivity contribution in [2.45, 2.75) is 20.5 Å². The molecule has 0 atom stereocenters. The number of ether oxygens (including phenoxy) is 3. The highest BCUT2D eigenvalue weighted by Crippen LogP contribution is 2.31. The number of aromatic amines is 1. The van der Waals surface area contributed by atoms with Crippen molar-refractivity contribution in [3.63, 3.8) is 0 Å². The highest BCUT2D eigenvalue weighted by molar-refractivity contribution is 7.18. The van der Waals surface area contributed by atoms with Gasteiger partial charge in [0, 0.05) is 4.88 Å². The molecule has 0 aliphatic carbocycles. The van der Waals surface area contributed by atoms with Gasteiger partial charge in [0.15, 0.2) is 11.5 Å². The monoisotopic (exact) mass is 374 g/mol. The molecule has 7 nitrogen and oxygen atoms in total. The number of carbonyl (C=O) groups excluding carboxylic acids is 1. The number of aromatic nitrogens is 2. The second-order valence-corrected chi connectivity index (χ2v) is 6.80. The number of hydrogen-bond acceptors (Lipinski definition) is 7. The fraction of sp³-hybridized carbons (Fsp3) is 0.278. The highest BCUT2D eigenvalue weighted by atomic mass is 32.1. The van der Waals surface area contributed by atoms with Crippen LogP contribution in [0.5, 0.6) is 11.5 Å². The Balaban J connectivity index is 1.84. The first-order chi connectivity index (χ1) is 12.5. The first-order valence-electron chi connectivity index (χ1n) is 7.83. The zero-order chi connectivity index (χ0) is 18.8. The van der Waals surface area contributed by atoms with Gasteiger partial charge in [0.05, 0.1) is 19.6 Å². The number of fused-ring (bicyclic) bond motifs is 1. The Morgan fingerprint density at radius 1 is 1.23 bits per heavy atom. The smallest absolute Gasteiger partial charge is 0.342 e. The summed E-state index contributed by atoms with van der Waals surface area (Å²) in [5.74, 6) is 0.418. The number of para-hydroxylation sites is 1. The summed E-state index contributed by atoms with van der Waals surface area (Å²) < 4.78 is 15.7. The number of nitrogens with one attached hydrogen (secondary N) is 1. The van der Waals surface area contributed by atoms with Gasteiger partial charge in [-0.3, -0.25) is 4.79 Å². The van der Waals surface area contributed by atoms with Crippen molar-refractivity contribution in [2.24, 2.45) is 0 Å². The molecular formula is C18H18N2O5S. The first-order valence-corrected chi connectivity index (χ1v) is 8.65. The molecule has 136 valence electrons. The number of benzene rings is 1. The van der Waals surface area contributed by atoms with Crippen LogP contribution >= 0.6 is 11.3 Å². The molecular weight excluding hydrogens is 356 g/mol. The Labute approximate surface area is 153 Å². The Kier molecular flexibility index (Phi) is 4.94. The molecule has 0 amide bonds. The predicted octanol–water partition coefficient (Wildman–Crippen LogP) is 2.98. The lowest BCUT2D eigenvalue weighted by atomic mass is 10.2. The van der Waals surface area contributed by atoms with Crippen molar-refractivity contribution in [1.29, 1.82) is 0 Å². The summed E-state index contributed by atoms with van der Waals surface area (Å²) in [6.45, 7) is 3.68. The van der Waals surface area contributed by atoms with E-state index in [9.17, 15) is 9.59 Å². The van der Waals surface area contributed by atoms with Crippen LogP contribution in [0.1, 0.15) is 26.6 Å². The Hall–Kier alpha value is -2.87. The molecule has 0 bridgehead atoms.